The van der Waals surface area contributed by atoms with Crippen molar-refractivity contribution in [2.75, 3.05) is 26.3 Å². The number of hydrogen-bond donors (Lipinski definition) is 2. The van der Waals surface area contributed by atoms with E-state index in [2.05, 4.69) is 24.0 Å². The van der Waals surface area contributed by atoms with E-state index in [9.17, 15) is 9.90 Å². The van der Waals surface area contributed by atoms with Gasteiger partial charge in [-0.2, -0.15) is 0 Å². The maximum atomic E-state index is 11.2. The maximum absolute atomic E-state index is 11.2. The van der Waals surface area contributed by atoms with Crippen LogP contribution in [0.5, 0.6) is 0 Å². The molecular weight excluding hydrogens is 330 g/mol. The fourth-order valence-electron chi connectivity index (χ4n) is 3.53. The molecule has 5 nitrogen and oxygen atoms in total. The van der Waals surface area contributed by atoms with E-state index in [0.29, 0.717) is 31.7 Å². The van der Waals surface area contributed by atoms with Crippen LogP contribution in [0.1, 0.15) is 27.0 Å². The van der Waals surface area contributed by atoms with Crippen LogP contribution in [-0.2, 0) is 17.7 Å². The molecule has 2 aromatic rings. The SMILES string of the molecule is Cc1ccccc1C[C@]1(CO)CN(Cc2cccc(C(=O)O)c2)CCO1. The Kier molecular flexibility index (Phi) is 5.71. The van der Waals surface area contributed by atoms with Crippen LogP contribution in [0.15, 0.2) is 48.5 Å². The highest BCUT2D eigenvalue weighted by atomic mass is 16.5. The lowest BCUT2D eigenvalue weighted by atomic mass is 9.90. The Morgan fingerprint density at radius 3 is 2.77 bits per heavy atom. The van der Waals surface area contributed by atoms with Crippen molar-refractivity contribution in [1.29, 1.82) is 0 Å². The molecule has 0 unspecified atom stereocenters. The van der Waals surface area contributed by atoms with Crippen LogP contribution in [0.4, 0.5) is 0 Å². The van der Waals surface area contributed by atoms with E-state index in [1.807, 2.05) is 18.2 Å². The van der Waals surface area contributed by atoms with Crippen LogP contribution in [0.25, 0.3) is 0 Å². The summed E-state index contributed by atoms with van der Waals surface area (Å²) in [6.07, 6.45) is 0.655. The molecule has 0 amide bonds. The van der Waals surface area contributed by atoms with Crippen LogP contribution in [0.2, 0.25) is 0 Å². The van der Waals surface area contributed by atoms with Gasteiger partial charge >= 0.3 is 5.97 Å². The molecule has 1 aliphatic heterocycles. The molecular formula is C21H25NO4. The Morgan fingerprint density at radius 2 is 2.04 bits per heavy atom. The third-order valence-electron chi connectivity index (χ3n) is 4.97. The van der Waals surface area contributed by atoms with Crippen molar-refractivity contribution in [3.8, 4) is 0 Å². The number of carboxylic acids is 1. The van der Waals surface area contributed by atoms with Gasteiger partial charge in [0.15, 0.2) is 0 Å². The average molecular weight is 355 g/mol. The number of carboxylic acid groups (broad SMARTS) is 1. The predicted molar refractivity (Wildman–Crippen MR) is 99.3 cm³/mol. The zero-order chi connectivity index (χ0) is 18.6. The van der Waals surface area contributed by atoms with Crippen molar-refractivity contribution in [3.05, 3.63) is 70.8 Å². The van der Waals surface area contributed by atoms with Crippen molar-refractivity contribution >= 4 is 5.97 Å². The average Bonchev–Trinajstić information content (AvgIpc) is 2.64. The topological polar surface area (TPSA) is 70.0 Å². The van der Waals surface area contributed by atoms with Crippen LogP contribution in [-0.4, -0.2) is 53.0 Å². The minimum Gasteiger partial charge on any atom is -0.478 e. The molecule has 0 saturated carbocycles. The number of aromatic carboxylic acids is 1. The van der Waals surface area contributed by atoms with Gasteiger partial charge in [0, 0.05) is 26.1 Å². The second kappa shape index (κ2) is 7.99. The van der Waals surface area contributed by atoms with E-state index in [0.717, 1.165) is 12.1 Å². The zero-order valence-corrected chi connectivity index (χ0v) is 15.0. The Morgan fingerprint density at radius 1 is 1.23 bits per heavy atom. The standard InChI is InChI=1S/C21H25NO4/c1-16-5-2-3-7-19(16)12-21(15-23)14-22(9-10-26-21)13-17-6-4-8-18(11-17)20(24)25/h2-8,11,23H,9-10,12-15H2,1H3,(H,24,25)/t21-/m1/s1. The highest BCUT2D eigenvalue weighted by Crippen LogP contribution is 2.25. The lowest BCUT2D eigenvalue weighted by Gasteiger charge is -2.42. The molecule has 0 aliphatic carbocycles. The summed E-state index contributed by atoms with van der Waals surface area (Å²) in [7, 11) is 0. The zero-order valence-electron chi connectivity index (χ0n) is 15.0. The number of rotatable bonds is 6. The van der Waals surface area contributed by atoms with Gasteiger partial charge < -0.3 is 14.9 Å². The lowest BCUT2D eigenvalue weighted by molar-refractivity contribution is -0.134. The second-order valence-corrected chi connectivity index (χ2v) is 7.01. The molecule has 0 bridgehead atoms. The fraction of sp³-hybridized carbons (Fsp3) is 0.381. The Hall–Kier alpha value is -2.21. The van der Waals surface area contributed by atoms with E-state index < -0.39 is 11.6 Å². The Labute approximate surface area is 153 Å². The molecule has 1 saturated heterocycles. The summed E-state index contributed by atoms with van der Waals surface area (Å²) < 4.78 is 6.02. The third kappa shape index (κ3) is 4.30. The second-order valence-electron chi connectivity index (χ2n) is 7.01. The van der Waals surface area contributed by atoms with Gasteiger partial charge in [-0.25, -0.2) is 4.79 Å². The molecule has 0 radical (unpaired) electrons. The number of aliphatic hydroxyl groups excluding tert-OH is 1. The number of hydrogen-bond acceptors (Lipinski definition) is 4. The van der Waals surface area contributed by atoms with Gasteiger partial charge in [-0.05, 0) is 35.7 Å². The van der Waals surface area contributed by atoms with Gasteiger partial charge in [0.1, 0.15) is 5.60 Å². The maximum Gasteiger partial charge on any atom is 0.335 e. The first kappa shape index (κ1) is 18.6. The first-order valence-corrected chi connectivity index (χ1v) is 8.85. The molecule has 0 aromatic heterocycles. The monoisotopic (exact) mass is 355 g/mol. The Bertz CT molecular complexity index is 776. The van der Waals surface area contributed by atoms with Crippen molar-refractivity contribution in [3.63, 3.8) is 0 Å². The Balaban J connectivity index is 1.74. The quantitative estimate of drug-likeness (QED) is 0.833. The van der Waals surface area contributed by atoms with Gasteiger partial charge in [-0.15, -0.1) is 0 Å². The van der Waals surface area contributed by atoms with Crippen molar-refractivity contribution in [2.45, 2.75) is 25.5 Å². The number of aryl methyl sites for hydroxylation is 1. The van der Waals surface area contributed by atoms with Gasteiger partial charge in [0.25, 0.3) is 0 Å². The predicted octanol–water partition coefficient (Wildman–Crippen LogP) is 2.50. The van der Waals surface area contributed by atoms with E-state index in [-0.39, 0.29) is 6.61 Å². The highest BCUT2D eigenvalue weighted by Gasteiger charge is 2.36. The minimum atomic E-state index is -0.918. The molecule has 2 aromatic carbocycles. The molecule has 2 N–H and O–H groups in total. The molecule has 26 heavy (non-hydrogen) atoms. The number of carbonyl (C=O) groups is 1. The minimum absolute atomic E-state index is 0.0486. The molecule has 1 aliphatic rings. The summed E-state index contributed by atoms with van der Waals surface area (Å²) in [5, 5.41) is 19.2. The van der Waals surface area contributed by atoms with E-state index in [4.69, 9.17) is 9.84 Å². The van der Waals surface area contributed by atoms with Crippen LogP contribution in [0.3, 0.4) is 0 Å². The molecule has 0 spiro atoms. The fourth-order valence-corrected chi connectivity index (χ4v) is 3.53. The summed E-state index contributed by atoms with van der Waals surface area (Å²) in [4.78, 5) is 13.4. The molecule has 138 valence electrons. The largest absolute Gasteiger partial charge is 0.478 e. The molecule has 1 fully saturated rings. The summed E-state index contributed by atoms with van der Waals surface area (Å²) in [5.41, 5.74) is 2.99. The van der Waals surface area contributed by atoms with E-state index >= 15 is 0 Å². The molecule has 1 atom stereocenters. The number of morpholine rings is 1. The van der Waals surface area contributed by atoms with Crippen LogP contribution >= 0.6 is 0 Å². The smallest absolute Gasteiger partial charge is 0.335 e. The summed E-state index contributed by atoms with van der Waals surface area (Å²) >= 11 is 0. The van der Waals surface area contributed by atoms with E-state index in [1.165, 1.54) is 11.1 Å². The normalized spacial score (nSPS) is 20.8. The van der Waals surface area contributed by atoms with Crippen molar-refractivity contribution in [1.82, 2.24) is 4.90 Å². The van der Waals surface area contributed by atoms with Gasteiger partial charge in [-0.3, -0.25) is 4.90 Å². The van der Waals surface area contributed by atoms with Crippen molar-refractivity contribution in [2.24, 2.45) is 0 Å². The number of ether oxygens (including phenoxy) is 1. The van der Waals surface area contributed by atoms with Crippen LogP contribution < -0.4 is 0 Å². The number of benzene rings is 2. The van der Waals surface area contributed by atoms with Gasteiger partial charge in [-0.1, -0.05) is 36.4 Å². The third-order valence-corrected chi connectivity index (χ3v) is 4.97. The summed E-state index contributed by atoms with van der Waals surface area (Å²) in [6, 6.07) is 15.2. The molecule has 3 rings (SSSR count). The summed E-state index contributed by atoms with van der Waals surface area (Å²) in [5.74, 6) is -0.918. The lowest BCUT2D eigenvalue weighted by Crippen LogP contribution is -2.55. The van der Waals surface area contributed by atoms with Crippen molar-refractivity contribution < 1.29 is 19.7 Å². The summed E-state index contributed by atoms with van der Waals surface area (Å²) in [6.45, 7) is 4.57. The highest BCUT2D eigenvalue weighted by molar-refractivity contribution is 5.87. The van der Waals surface area contributed by atoms with Crippen LogP contribution in [0, 0.1) is 6.92 Å². The van der Waals surface area contributed by atoms with Gasteiger partial charge in [0.05, 0.1) is 18.8 Å². The molecule has 1 heterocycles. The molecule has 5 heteroatoms. The first-order chi connectivity index (χ1) is 12.5. The first-order valence-electron chi connectivity index (χ1n) is 8.85. The van der Waals surface area contributed by atoms with Gasteiger partial charge in [0.2, 0.25) is 0 Å². The number of nitrogens with zero attached hydrogens (tertiary/aromatic N) is 1. The van der Waals surface area contributed by atoms with E-state index in [1.54, 1.807) is 18.2 Å². The number of aliphatic hydroxyl groups is 1.